The summed E-state index contributed by atoms with van der Waals surface area (Å²) in [5.41, 5.74) is 1.44. The third kappa shape index (κ3) is 4.29. The van der Waals surface area contributed by atoms with E-state index in [0.717, 1.165) is 18.5 Å². The summed E-state index contributed by atoms with van der Waals surface area (Å²) in [4.78, 5) is 4.74. The van der Waals surface area contributed by atoms with Crippen LogP contribution in [0.2, 0.25) is 0 Å². The lowest BCUT2D eigenvalue weighted by molar-refractivity contribution is 0.320. The fourth-order valence-corrected chi connectivity index (χ4v) is 3.42. The number of benzene rings is 1. The summed E-state index contributed by atoms with van der Waals surface area (Å²) < 4.78 is 1.30. The Morgan fingerprint density at radius 3 is 2.68 bits per heavy atom. The molecule has 2 aromatic rings. The monoisotopic (exact) mass is 276 g/mol. The summed E-state index contributed by atoms with van der Waals surface area (Å²) >= 11 is 1.83. The van der Waals surface area contributed by atoms with Crippen molar-refractivity contribution < 1.29 is 0 Å². The van der Waals surface area contributed by atoms with Crippen molar-refractivity contribution in [2.75, 3.05) is 6.54 Å². The van der Waals surface area contributed by atoms with Crippen LogP contribution in [0.25, 0.3) is 10.2 Å². The van der Waals surface area contributed by atoms with Gasteiger partial charge in [-0.25, -0.2) is 4.98 Å². The minimum atomic E-state index is 0.301. The minimum absolute atomic E-state index is 0.301. The Kier molecular flexibility index (Phi) is 4.58. The molecule has 2 rings (SSSR count). The van der Waals surface area contributed by atoms with Crippen LogP contribution in [-0.4, -0.2) is 17.6 Å². The Hall–Kier alpha value is -0.930. The van der Waals surface area contributed by atoms with Gasteiger partial charge in [0.15, 0.2) is 0 Å². The Morgan fingerprint density at radius 1 is 1.26 bits per heavy atom. The second-order valence-electron chi connectivity index (χ2n) is 6.28. The molecule has 1 aromatic heterocycles. The van der Waals surface area contributed by atoms with E-state index in [1.54, 1.807) is 0 Å². The molecule has 1 aromatic carbocycles. The zero-order valence-corrected chi connectivity index (χ0v) is 13.2. The first-order chi connectivity index (χ1) is 8.96. The van der Waals surface area contributed by atoms with Gasteiger partial charge < -0.3 is 5.32 Å². The van der Waals surface area contributed by atoms with Gasteiger partial charge in [-0.15, -0.1) is 11.3 Å². The number of fused-ring (bicyclic) bond motifs is 1. The molecule has 0 aliphatic heterocycles. The van der Waals surface area contributed by atoms with Crippen molar-refractivity contribution in [3.63, 3.8) is 0 Å². The molecule has 0 saturated heterocycles. The summed E-state index contributed by atoms with van der Waals surface area (Å²) in [6, 6.07) is 8.97. The molecule has 1 N–H and O–H groups in total. The molecule has 0 spiro atoms. The van der Waals surface area contributed by atoms with Gasteiger partial charge in [-0.05, 0) is 30.5 Å². The van der Waals surface area contributed by atoms with Crippen molar-refractivity contribution in [3.8, 4) is 0 Å². The Labute approximate surface area is 120 Å². The standard InChI is InChI=1S/C16H24N2S/c1-12(2)17-10-9-16(3,4)11-15-18-13-7-5-6-8-14(13)19-15/h5-8,12,17H,9-11H2,1-4H3. The van der Waals surface area contributed by atoms with Gasteiger partial charge in [0, 0.05) is 12.5 Å². The molecule has 0 aliphatic carbocycles. The molecule has 0 atom stereocenters. The predicted molar refractivity (Wildman–Crippen MR) is 84.9 cm³/mol. The maximum Gasteiger partial charge on any atom is 0.0943 e. The van der Waals surface area contributed by atoms with Gasteiger partial charge in [0.2, 0.25) is 0 Å². The van der Waals surface area contributed by atoms with Crippen molar-refractivity contribution in [2.45, 2.75) is 46.6 Å². The molecular weight excluding hydrogens is 252 g/mol. The van der Waals surface area contributed by atoms with Gasteiger partial charge in [0.05, 0.1) is 15.2 Å². The minimum Gasteiger partial charge on any atom is -0.315 e. The highest BCUT2D eigenvalue weighted by atomic mass is 32.1. The highest BCUT2D eigenvalue weighted by Crippen LogP contribution is 2.30. The number of thiazole rings is 1. The predicted octanol–water partition coefficient (Wildman–Crippen LogP) is 4.25. The highest BCUT2D eigenvalue weighted by molar-refractivity contribution is 7.18. The van der Waals surface area contributed by atoms with Crippen molar-refractivity contribution in [3.05, 3.63) is 29.3 Å². The first-order valence-corrected chi connectivity index (χ1v) is 7.86. The topological polar surface area (TPSA) is 24.9 Å². The number of aromatic nitrogens is 1. The van der Waals surface area contributed by atoms with Gasteiger partial charge in [-0.2, -0.15) is 0 Å². The van der Waals surface area contributed by atoms with Crippen LogP contribution in [0.15, 0.2) is 24.3 Å². The molecule has 104 valence electrons. The second kappa shape index (κ2) is 6.02. The van der Waals surface area contributed by atoms with Crippen LogP contribution in [0.1, 0.15) is 39.1 Å². The van der Waals surface area contributed by atoms with Crippen LogP contribution < -0.4 is 5.32 Å². The lowest BCUT2D eigenvalue weighted by Crippen LogP contribution is -2.28. The summed E-state index contributed by atoms with van der Waals surface area (Å²) in [6.07, 6.45) is 2.24. The average molecular weight is 276 g/mol. The van der Waals surface area contributed by atoms with Crippen LogP contribution in [0.5, 0.6) is 0 Å². The quantitative estimate of drug-likeness (QED) is 0.853. The average Bonchev–Trinajstić information content (AvgIpc) is 2.68. The molecule has 3 heteroatoms. The third-order valence-electron chi connectivity index (χ3n) is 3.32. The van der Waals surface area contributed by atoms with Crippen molar-refractivity contribution in [2.24, 2.45) is 5.41 Å². The maximum absolute atomic E-state index is 4.74. The van der Waals surface area contributed by atoms with E-state index in [1.165, 1.54) is 16.1 Å². The lowest BCUT2D eigenvalue weighted by atomic mass is 9.86. The van der Waals surface area contributed by atoms with E-state index in [2.05, 4.69) is 57.3 Å². The second-order valence-corrected chi connectivity index (χ2v) is 7.39. The Balaban J connectivity index is 1.98. The summed E-state index contributed by atoms with van der Waals surface area (Å²) in [5.74, 6) is 0. The zero-order chi connectivity index (χ0) is 13.9. The first kappa shape index (κ1) is 14.5. The van der Waals surface area contributed by atoms with Gasteiger partial charge in [-0.3, -0.25) is 0 Å². The van der Waals surface area contributed by atoms with Crippen molar-refractivity contribution in [1.82, 2.24) is 10.3 Å². The van der Waals surface area contributed by atoms with Crippen LogP contribution in [-0.2, 0) is 6.42 Å². The van der Waals surface area contributed by atoms with Crippen LogP contribution in [0.4, 0.5) is 0 Å². The fraction of sp³-hybridized carbons (Fsp3) is 0.562. The molecule has 0 amide bonds. The fourth-order valence-electron chi connectivity index (χ4n) is 2.19. The van der Waals surface area contributed by atoms with Crippen LogP contribution >= 0.6 is 11.3 Å². The lowest BCUT2D eigenvalue weighted by Gasteiger charge is -2.24. The van der Waals surface area contributed by atoms with Crippen molar-refractivity contribution >= 4 is 21.6 Å². The van der Waals surface area contributed by atoms with Gasteiger partial charge in [0.1, 0.15) is 0 Å². The summed E-state index contributed by atoms with van der Waals surface area (Å²) in [5, 5.41) is 4.76. The van der Waals surface area contributed by atoms with Gasteiger partial charge in [-0.1, -0.05) is 39.8 Å². The van der Waals surface area contributed by atoms with Gasteiger partial charge in [0.25, 0.3) is 0 Å². The van der Waals surface area contributed by atoms with E-state index in [-0.39, 0.29) is 0 Å². The van der Waals surface area contributed by atoms with Crippen LogP contribution in [0, 0.1) is 5.41 Å². The normalized spacial score (nSPS) is 12.5. The number of nitrogens with zero attached hydrogens (tertiary/aromatic N) is 1. The molecule has 0 fully saturated rings. The number of hydrogen-bond donors (Lipinski definition) is 1. The van der Waals surface area contributed by atoms with E-state index in [9.17, 15) is 0 Å². The molecule has 0 radical (unpaired) electrons. The molecular formula is C16H24N2S. The van der Waals surface area contributed by atoms with Crippen LogP contribution in [0.3, 0.4) is 0 Å². The van der Waals surface area contributed by atoms with Gasteiger partial charge >= 0.3 is 0 Å². The SMILES string of the molecule is CC(C)NCCC(C)(C)Cc1nc2ccccc2s1. The molecule has 0 bridgehead atoms. The molecule has 2 nitrogen and oxygen atoms in total. The zero-order valence-electron chi connectivity index (χ0n) is 12.4. The molecule has 1 heterocycles. The van der Waals surface area contributed by atoms with E-state index in [1.807, 2.05) is 11.3 Å². The molecule has 0 unspecified atom stereocenters. The molecule has 0 aliphatic rings. The van der Waals surface area contributed by atoms with E-state index >= 15 is 0 Å². The third-order valence-corrected chi connectivity index (χ3v) is 4.36. The molecule has 19 heavy (non-hydrogen) atoms. The van der Waals surface area contributed by atoms with E-state index < -0.39 is 0 Å². The summed E-state index contributed by atoms with van der Waals surface area (Å²) in [6.45, 7) is 10.1. The van der Waals surface area contributed by atoms with E-state index in [0.29, 0.717) is 11.5 Å². The first-order valence-electron chi connectivity index (χ1n) is 7.04. The van der Waals surface area contributed by atoms with E-state index in [4.69, 9.17) is 4.98 Å². The highest BCUT2D eigenvalue weighted by Gasteiger charge is 2.20. The Morgan fingerprint density at radius 2 is 2.00 bits per heavy atom. The Bertz CT molecular complexity index is 495. The van der Waals surface area contributed by atoms with Crippen molar-refractivity contribution in [1.29, 1.82) is 0 Å². The number of rotatable bonds is 6. The molecule has 0 saturated carbocycles. The smallest absolute Gasteiger partial charge is 0.0943 e. The number of para-hydroxylation sites is 1. The summed E-state index contributed by atoms with van der Waals surface area (Å²) in [7, 11) is 0. The largest absolute Gasteiger partial charge is 0.315 e. The maximum atomic E-state index is 4.74. The number of hydrogen-bond acceptors (Lipinski definition) is 3. The number of nitrogens with one attached hydrogen (secondary N) is 1.